The van der Waals surface area contributed by atoms with Crippen molar-refractivity contribution in [2.75, 3.05) is 20.7 Å². The fraction of sp³-hybridized carbons (Fsp3) is 0.588. The maximum atomic E-state index is 11.8. The van der Waals surface area contributed by atoms with E-state index in [1.54, 1.807) is 7.11 Å². The van der Waals surface area contributed by atoms with E-state index in [-0.39, 0.29) is 24.4 Å². The number of halogens is 1. The van der Waals surface area contributed by atoms with Gasteiger partial charge in [0.25, 0.3) is 0 Å². The van der Waals surface area contributed by atoms with E-state index < -0.39 is 0 Å². The Labute approximate surface area is 144 Å². The number of carbonyl (C=O) groups is 1. The van der Waals surface area contributed by atoms with Crippen LogP contribution in [0.1, 0.15) is 37.7 Å². The van der Waals surface area contributed by atoms with Gasteiger partial charge in [-0.2, -0.15) is 0 Å². The summed E-state index contributed by atoms with van der Waals surface area (Å²) < 4.78 is 11.6. The maximum Gasteiger partial charge on any atom is 0.221 e. The molecule has 0 bridgehead atoms. The molecule has 1 amide bonds. The molecule has 2 N–H and O–H groups in total. The standard InChI is InChI=1S/C17H26N2O3.ClH/c1-18-11-10-16(20)19-12-13-6-5-9-15(21-2)17(13)22-14-7-3-4-8-14;/h5-6,9,14,18H,3-4,7-8,10-12H2,1-2H3,(H,19,20);1H. The highest BCUT2D eigenvalue weighted by Crippen LogP contribution is 2.34. The van der Waals surface area contributed by atoms with Crippen molar-refractivity contribution in [2.45, 2.75) is 44.8 Å². The molecule has 23 heavy (non-hydrogen) atoms. The van der Waals surface area contributed by atoms with Gasteiger partial charge in [-0.1, -0.05) is 12.1 Å². The van der Waals surface area contributed by atoms with Gasteiger partial charge in [0.2, 0.25) is 5.91 Å². The van der Waals surface area contributed by atoms with Crippen molar-refractivity contribution in [1.82, 2.24) is 10.6 Å². The number of benzene rings is 1. The summed E-state index contributed by atoms with van der Waals surface area (Å²) in [6, 6.07) is 5.80. The van der Waals surface area contributed by atoms with Crippen LogP contribution in [-0.2, 0) is 11.3 Å². The summed E-state index contributed by atoms with van der Waals surface area (Å²) in [7, 11) is 3.48. The number of rotatable bonds is 8. The molecule has 1 aliphatic rings. The van der Waals surface area contributed by atoms with Crippen molar-refractivity contribution in [3.63, 3.8) is 0 Å². The van der Waals surface area contributed by atoms with Crippen molar-refractivity contribution < 1.29 is 14.3 Å². The van der Waals surface area contributed by atoms with Crippen LogP contribution in [0.3, 0.4) is 0 Å². The van der Waals surface area contributed by atoms with E-state index >= 15 is 0 Å². The molecule has 2 rings (SSSR count). The van der Waals surface area contributed by atoms with E-state index in [4.69, 9.17) is 9.47 Å². The molecule has 0 aromatic heterocycles. The van der Waals surface area contributed by atoms with Crippen molar-refractivity contribution in [1.29, 1.82) is 0 Å². The van der Waals surface area contributed by atoms with E-state index in [9.17, 15) is 4.79 Å². The topological polar surface area (TPSA) is 59.6 Å². The minimum absolute atomic E-state index is 0. The van der Waals surface area contributed by atoms with Crippen molar-refractivity contribution >= 4 is 18.3 Å². The van der Waals surface area contributed by atoms with Gasteiger partial charge in [0.1, 0.15) is 0 Å². The van der Waals surface area contributed by atoms with Crippen LogP contribution in [0.2, 0.25) is 0 Å². The smallest absolute Gasteiger partial charge is 0.221 e. The molecule has 0 unspecified atom stereocenters. The van der Waals surface area contributed by atoms with E-state index in [1.165, 1.54) is 12.8 Å². The molecule has 1 fully saturated rings. The van der Waals surface area contributed by atoms with Crippen molar-refractivity contribution in [2.24, 2.45) is 0 Å². The molecule has 1 saturated carbocycles. The molecule has 0 saturated heterocycles. The molecule has 0 heterocycles. The van der Waals surface area contributed by atoms with Crippen molar-refractivity contribution in [3.8, 4) is 11.5 Å². The van der Waals surface area contributed by atoms with E-state index in [0.717, 1.165) is 29.9 Å². The molecule has 1 aromatic rings. The molecular weight excluding hydrogens is 316 g/mol. The number of amides is 1. The zero-order valence-electron chi connectivity index (χ0n) is 13.9. The lowest BCUT2D eigenvalue weighted by atomic mass is 10.1. The molecule has 6 heteroatoms. The Bertz CT molecular complexity index is 491. The first-order valence-electron chi connectivity index (χ1n) is 7.98. The summed E-state index contributed by atoms with van der Waals surface area (Å²) in [6.07, 6.45) is 5.35. The van der Waals surface area contributed by atoms with Gasteiger partial charge in [0, 0.05) is 25.1 Å². The lowest BCUT2D eigenvalue weighted by Crippen LogP contribution is -2.26. The molecule has 0 spiro atoms. The number of carbonyl (C=O) groups excluding carboxylic acids is 1. The summed E-state index contributed by atoms with van der Waals surface area (Å²) in [5.74, 6) is 1.53. The lowest BCUT2D eigenvalue weighted by Gasteiger charge is -2.19. The molecule has 130 valence electrons. The van der Waals surface area contributed by atoms with Crippen LogP contribution in [0.5, 0.6) is 11.5 Å². The second kappa shape index (κ2) is 10.3. The average Bonchev–Trinajstić information content (AvgIpc) is 3.04. The Balaban J connectivity index is 0.00000264. The summed E-state index contributed by atoms with van der Waals surface area (Å²) in [5.41, 5.74) is 0.962. The summed E-state index contributed by atoms with van der Waals surface area (Å²) in [4.78, 5) is 11.8. The Morgan fingerprint density at radius 2 is 2.04 bits per heavy atom. The summed E-state index contributed by atoms with van der Waals surface area (Å²) in [6.45, 7) is 1.14. The second-order valence-electron chi connectivity index (χ2n) is 5.60. The number of para-hydroxylation sites is 1. The normalized spacial score (nSPS) is 14.2. The first kappa shape index (κ1) is 19.6. The Hall–Kier alpha value is -1.46. The zero-order chi connectivity index (χ0) is 15.8. The van der Waals surface area contributed by atoms with Gasteiger partial charge in [0.15, 0.2) is 11.5 Å². The minimum atomic E-state index is 0. The molecule has 0 aliphatic heterocycles. The van der Waals surface area contributed by atoms with Gasteiger partial charge >= 0.3 is 0 Å². The van der Waals surface area contributed by atoms with Gasteiger partial charge in [-0.25, -0.2) is 0 Å². The molecule has 0 atom stereocenters. The largest absolute Gasteiger partial charge is 0.493 e. The number of nitrogens with one attached hydrogen (secondary N) is 2. The van der Waals surface area contributed by atoms with Gasteiger partial charge < -0.3 is 20.1 Å². The van der Waals surface area contributed by atoms with E-state index in [2.05, 4.69) is 10.6 Å². The van der Waals surface area contributed by atoms with E-state index in [0.29, 0.717) is 19.5 Å². The molecule has 5 nitrogen and oxygen atoms in total. The summed E-state index contributed by atoms with van der Waals surface area (Å²) >= 11 is 0. The SMILES string of the molecule is CNCCC(=O)NCc1cccc(OC)c1OC1CCCC1.Cl. The average molecular weight is 343 g/mol. The number of hydrogen-bond acceptors (Lipinski definition) is 4. The quantitative estimate of drug-likeness (QED) is 0.762. The van der Waals surface area contributed by atoms with Gasteiger partial charge in [-0.15, -0.1) is 12.4 Å². The number of ether oxygens (including phenoxy) is 2. The third kappa shape index (κ3) is 5.92. The number of methoxy groups -OCH3 is 1. The van der Waals surface area contributed by atoms with Crippen LogP contribution in [0.15, 0.2) is 18.2 Å². The van der Waals surface area contributed by atoms with Crippen LogP contribution < -0.4 is 20.1 Å². The predicted molar refractivity (Wildman–Crippen MR) is 93.5 cm³/mol. The van der Waals surface area contributed by atoms with Crippen LogP contribution in [0, 0.1) is 0 Å². The Morgan fingerprint density at radius 3 is 2.70 bits per heavy atom. The Morgan fingerprint density at radius 1 is 1.30 bits per heavy atom. The van der Waals surface area contributed by atoms with Crippen LogP contribution in [-0.4, -0.2) is 32.7 Å². The fourth-order valence-electron chi connectivity index (χ4n) is 2.69. The molecule has 1 aliphatic carbocycles. The highest BCUT2D eigenvalue weighted by Gasteiger charge is 2.20. The third-order valence-corrected chi connectivity index (χ3v) is 3.95. The lowest BCUT2D eigenvalue weighted by molar-refractivity contribution is -0.121. The highest BCUT2D eigenvalue weighted by atomic mass is 35.5. The molecule has 0 radical (unpaired) electrons. The first-order valence-corrected chi connectivity index (χ1v) is 7.98. The minimum Gasteiger partial charge on any atom is -0.493 e. The number of hydrogen-bond donors (Lipinski definition) is 2. The van der Waals surface area contributed by atoms with Crippen molar-refractivity contribution in [3.05, 3.63) is 23.8 Å². The van der Waals surface area contributed by atoms with Gasteiger partial charge in [0.05, 0.1) is 13.2 Å². The summed E-state index contributed by atoms with van der Waals surface area (Å²) in [5, 5.41) is 5.91. The zero-order valence-corrected chi connectivity index (χ0v) is 14.7. The maximum absolute atomic E-state index is 11.8. The Kier molecular flexibility index (Phi) is 8.81. The second-order valence-corrected chi connectivity index (χ2v) is 5.60. The first-order chi connectivity index (χ1) is 10.7. The highest BCUT2D eigenvalue weighted by molar-refractivity contribution is 5.85. The molecular formula is C17H27ClN2O3. The monoisotopic (exact) mass is 342 g/mol. The van der Waals surface area contributed by atoms with Crippen LogP contribution in [0.25, 0.3) is 0 Å². The third-order valence-electron chi connectivity index (χ3n) is 3.95. The van der Waals surface area contributed by atoms with Gasteiger partial charge in [-0.3, -0.25) is 4.79 Å². The van der Waals surface area contributed by atoms with Crippen LogP contribution >= 0.6 is 12.4 Å². The van der Waals surface area contributed by atoms with E-state index in [1.807, 2.05) is 25.2 Å². The fourth-order valence-corrected chi connectivity index (χ4v) is 2.69. The van der Waals surface area contributed by atoms with Gasteiger partial charge in [-0.05, 0) is 38.8 Å². The van der Waals surface area contributed by atoms with Crippen LogP contribution in [0.4, 0.5) is 0 Å². The predicted octanol–water partition coefficient (Wildman–Crippen LogP) is 2.66. The molecule has 1 aromatic carbocycles.